The van der Waals surface area contributed by atoms with Gasteiger partial charge in [-0.05, 0) is 17.5 Å². The lowest BCUT2D eigenvalue weighted by Crippen LogP contribution is -1.84. The van der Waals surface area contributed by atoms with Crippen molar-refractivity contribution in [2.75, 3.05) is 6.61 Å². The van der Waals surface area contributed by atoms with Crippen molar-refractivity contribution in [2.45, 2.75) is 19.4 Å². The molecule has 1 aromatic rings. The number of rotatable bonds is 2. The molecule has 0 aromatic heterocycles. The molecule has 1 aliphatic heterocycles. The lowest BCUT2D eigenvalue weighted by atomic mass is 10.1. The molecule has 0 saturated carbocycles. The van der Waals surface area contributed by atoms with Crippen molar-refractivity contribution < 1.29 is 4.74 Å². The Kier molecular flexibility index (Phi) is 1.66. The van der Waals surface area contributed by atoms with Gasteiger partial charge < -0.3 is 4.74 Å². The monoisotopic (exact) mass is 148 g/mol. The molecule has 1 heteroatoms. The minimum atomic E-state index is 0.404. The van der Waals surface area contributed by atoms with E-state index in [9.17, 15) is 0 Å². The number of hydrogen-bond acceptors (Lipinski definition) is 1. The van der Waals surface area contributed by atoms with Gasteiger partial charge in [-0.25, -0.2) is 0 Å². The van der Waals surface area contributed by atoms with Crippen LogP contribution in [0.4, 0.5) is 0 Å². The standard InChI is InChI=1S/C10H12O/c1-2-8-4-3-5-9(6-8)10-7-11-10/h3-6,10H,2,7H2,1H3/t10-/m0/s1. The Morgan fingerprint density at radius 3 is 3.00 bits per heavy atom. The van der Waals surface area contributed by atoms with E-state index in [1.54, 1.807) is 0 Å². The summed E-state index contributed by atoms with van der Waals surface area (Å²) in [7, 11) is 0. The molecule has 1 saturated heterocycles. The van der Waals surface area contributed by atoms with Crippen LogP contribution in [-0.4, -0.2) is 6.61 Å². The fourth-order valence-corrected chi connectivity index (χ4v) is 1.25. The van der Waals surface area contributed by atoms with E-state index in [1.165, 1.54) is 11.1 Å². The van der Waals surface area contributed by atoms with Crippen molar-refractivity contribution in [2.24, 2.45) is 0 Å². The topological polar surface area (TPSA) is 12.5 Å². The van der Waals surface area contributed by atoms with Gasteiger partial charge in [0.05, 0.1) is 6.61 Å². The number of benzene rings is 1. The second-order valence-corrected chi connectivity index (χ2v) is 2.92. The summed E-state index contributed by atoms with van der Waals surface area (Å²) in [6.07, 6.45) is 1.52. The molecule has 0 radical (unpaired) electrons. The second-order valence-electron chi connectivity index (χ2n) is 2.92. The zero-order valence-electron chi connectivity index (χ0n) is 6.71. The van der Waals surface area contributed by atoms with Crippen molar-refractivity contribution in [1.29, 1.82) is 0 Å². The van der Waals surface area contributed by atoms with Crippen LogP contribution in [0.5, 0.6) is 0 Å². The van der Waals surface area contributed by atoms with Crippen molar-refractivity contribution in [3.63, 3.8) is 0 Å². The van der Waals surface area contributed by atoms with Crippen molar-refractivity contribution >= 4 is 0 Å². The van der Waals surface area contributed by atoms with Crippen LogP contribution >= 0.6 is 0 Å². The molecule has 1 aliphatic rings. The first-order chi connectivity index (χ1) is 5.40. The van der Waals surface area contributed by atoms with E-state index in [2.05, 4.69) is 31.2 Å². The Balaban J connectivity index is 2.26. The van der Waals surface area contributed by atoms with E-state index in [1.807, 2.05) is 0 Å². The van der Waals surface area contributed by atoms with Crippen LogP contribution in [0.2, 0.25) is 0 Å². The molecule has 1 fully saturated rings. The molecule has 1 heterocycles. The summed E-state index contributed by atoms with van der Waals surface area (Å²) in [5.74, 6) is 0. The molecule has 58 valence electrons. The summed E-state index contributed by atoms with van der Waals surface area (Å²) in [6, 6.07) is 8.64. The molecule has 0 unspecified atom stereocenters. The summed E-state index contributed by atoms with van der Waals surface area (Å²) >= 11 is 0. The van der Waals surface area contributed by atoms with Gasteiger partial charge in [0.15, 0.2) is 0 Å². The summed E-state index contributed by atoms with van der Waals surface area (Å²) in [6.45, 7) is 3.08. The molecule has 0 N–H and O–H groups in total. The maximum atomic E-state index is 5.19. The van der Waals surface area contributed by atoms with Crippen LogP contribution < -0.4 is 0 Å². The number of ether oxygens (including phenoxy) is 1. The Labute approximate surface area is 67.0 Å². The number of hydrogen-bond donors (Lipinski definition) is 0. The van der Waals surface area contributed by atoms with Crippen LogP contribution in [0, 0.1) is 0 Å². The third kappa shape index (κ3) is 1.43. The van der Waals surface area contributed by atoms with Crippen LogP contribution in [0.15, 0.2) is 24.3 Å². The molecule has 11 heavy (non-hydrogen) atoms. The van der Waals surface area contributed by atoms with Gasteiger partial charge in [0.1, 0.15) is 6.10 Å². The first-order valence-corrected chi connectivity index (χ1v) is 4.10. The average molecular weight is 148 g/mol. The lowest BCUT2D eigenvalue weighted by molar-refractivity contribution is 0.415. The molecular formula is C10H12O. The summed E-state index contributed by atoms with van der Waals surface area (Å²) in [4.78, 5) is 0. The van der Waals surface area contributed by atoms with E-state index in [0.717, 1.165) is 13.0 Å². The highest BCUT2D eigenvalue weighted by atomic mass is 16.6. The van der Waals surface area contributed by atoms with Crippen LogP contribution in [0.3, 0.4) is 0 Å². The number of epoxide rings is 1. The molecule has 2 rings (SSSR count). The van der Waals surface area contributed by atoms with Gasteiger partial charge in [-0.15, -0.1) is 0 Å². The van der Waals surface area contributed by atoms with Gasteiger partial charge in [0.25, 0.3) is 0 Å². The fourth-order valence-electron chi connectivity index (χ4n) is 1.25. The van der Waals surface area contributed by atoms with E-state index < -0.39 is 0 Å². The first kappa shape index (κ1) is 6.86. The second kappa shape index (κ2) is 2.67. The quantitative estimate of drug-likeness (QED) is 0.586. The van der Waals surface area contributed by atoms with Gasteiger partial charge >= 0.3 is 0 Å². The SMILES string of the molecule is CCc1cccc([C@@H]2CO2)c1. The molecule has 0 aliphatic carbocycles. The minimum Gasteiger partial charge on any atom is -0.368 e. The van der Waals surface area contributed by atoms with E-state index in [4.69, 9.17) is 4.74 Å². The minimum absolute atomic E-state index is 0.404. The predicted octanol–water partition coefficient (Wildman–Crippen LogP) is 2.32. The zero-order chi connectivity index (χ0) is 7.68. The summed E-state index contributed by atoms with van der Waals surface area (Å²) in [5.41, 5.74) is 2.74. The van der Waals surface area contributed by atoms with Gasteiger partial charge in [-0.3, -0.25) is 0 Å². The normalized spacial score (nSPS) is 21.7. The van der Waals surface area contributed by atoms with Gasteiger partial charge in [0, 0.05) is 0 Å². The molecule has 0 spiro atoms. The van der Waals surface area contributed by atoms with Gasteiger partial charge in [-0.2, -0.15) is 0 Å². The zero-order valence-corrected chi connectivity index (χ0v) is 6.71. The Morgan fingerprint density at radius 2 is 2.36 bits per heavy atom. The van der Waals surface area contributed by atoms with Crippen LogP contribution in [-0.2, 0) is 11.2 Å². The largest absolute Gasteiger partial charge is 0.368 e. The molecule has 0 amide bonds. The Hall–Kier alpha value is -0.820. The smallest absolute Gasteiger partial charge is 0.106 e. The molecule has 1 aromatic carbocycles. The fraction of sp³-hybridized carbons (Fsp3) is 0.400. The van der Waals surface area contributed by atoms with Crippen molar-refractivity contribution in [3.8, 4) is 0 Å². The number of aryl methyl sites for hydroxylation is 1. The van der Waals surface area contributed by atoms with E-state index in [-0.39, 0.29) is 0 Å². The lowest BCUT2D eigenvalue weighted by Gasteiger charge is -1.98. The van der Waals surface area contributed by atoms with Gasteiger partial charge in [0.2, 0.25) is 0 Å². The van der Waals surface area contributed by atoms with Crippen molar-refractivity contribution in [3.05, 3.63) is 35.4 Å². The molecule has 1 nitrogen and oxygen atoms in total. The molecular weight excluding hydrogens is 136 g/mol. The van der Waals surface area contributed by atoms with E-state index >= 15 is 0 Å². The first-order valence-electron chi connectivity index (χ1n) is 4.10. The maximum absolute atomic E-state index is 5.19. The Morgan fingerprint density at radius 1 is 1.55 bits per heavy atom. The predicted molar refractivity (Wildman–Crippen MR) is 44.5 cm³/mol. The van der Waals surface area contributed by atoms with Crippen LogP contribution in [0.25, 0.3) is 0 Å². The highest BCUT2D eigenvalue weighted by Crippen LogP contribution is 2.29. The third-order valence-electron chi connectivity index (χ3n) is 2.06. The molecule has 0 bridgehead atoms. The summed E-state index contributed by atoms with van der Waals surface area (Å²) < 4.78 is 5.19. The average Bonchev–Trinajstić information content (AvgIpc) is 2.87. The highest BCUT2D eigenvalue weighted by Gasteiger charge is 2.24. The summed E-state index contributed by atoms with van der Waals surface area (Å²) in [5, 5.41) is 0. The van der Waals surface area contributed by atoms with Crippen LogP contribution in [0.1, 0.15) is 24.2 Å². The maximum Gasteiger partial charge on any atom is 0.106 e. The van der Waals surface area contributed by atoms with Crippen molar-refractivity contribution in [1.82, 2.24) is 0 Å². The van der Waals surface area contributed by atoms with Gasteiger partial charge in [-0.1, -0.05) is 31.2 Å². The third-order valence-corrected chi connectivity index (χ3v) is 2.06. The highest BCUT2D eigenvalue weighted by molar-refractivity contribution is 5.26. The Bertz CT molecular complexity index is 251. The molecule has 1 atom stereocenters. The van der Waals surface area contributed by atoms with E-state index in [0.29, 0.717) is 6.10 Å².